The van der Waals surface area contributed by atoms with Crippen molar-refractivity contribution in [3.05, 3.63) is 23.3 Å². The smallest absolute Gasteiger partial charge is 0.335 e. The number of allylic oxidation sites excluding steroid dienone is 3. The van der Waals surface area contributed by atoms with E-state index in [2.05, 4.69) is 39.5 Å². The lowest BCUT2D eigenvalue weighted by molar-refractivity contribution is -0.361. The number of hydrogen-bond acceptors (Lipinski definition) is 25. The van der Waals surface area contributed by atoms with Crippen molar-refractivity contribution in [2.75, 3.05) is 26.4 Å². The van der Waals surface area contributed by atoms with Crippen LogP contribution in [0.2, 0.25) is 0 Å². The zero-order valence-corrected chi connectivity index (χ0v) is 49.8. The predicted octanol–water partition coefficient (Wildman–Crippen LogP) is 0.495. The minimum absolute atomic E-state index is 0.0311. The van der Waals surface area contributed by atoms with Crippen LogP contribution in [0.5, 0.6) is 0 Å². The minimum atomic E-state index is -2.08. The molecule has 4 saturated carbocycles. The molecule has 25 heteroatoms. The number of esters is 3. The maximum absolute atomic E-state index is 13.6. The van der Waals surface area contributed by atoms with E-state index in [0.29, 0.717) is 32.1 Å². The first-order valence-electron chi connectivity index (χ1n) is 28.4. The first-order chi connectivity index (χ1) is 37.8. The van der Waals surface area contributed by atoms with E-state index in [9.17, 15) is 70.6 Å². The zero-order valence-electron chi connectivity index (χ0n) is 48.0. The molecule has 5 aliphatic carbocycles. The summed E-state index contributed by atoms with van der Waals surface area (Å²) in [6.07, 6.45) is -22.8. The maximum atomic E-state index is 13.6. The average Bonchev–Trinajstić information content (AvgIpc) is 3.79. The van der Waals surface area contributed by atoms with Gasteiger partial charge >= 0.3 is 17.9 Å². The van der Waals surface area contributed by atoms with Gasteiger partial charge in [-0.05, 0) is 120 Å². The van der Waals surface area contributed by atoms with Crippen molar-refractivity contribution in [3.8, 4) is 0 Å². The molecule has 0 bridgehead atoms. The van der Waals surface area contributed by atoms with Gasteiger partial charge in [0, 0.05) is 17.2 Å². The molecular weight excluding hydrogens is 1100 g/mol. The molecule has 17 unspecified atom stereocenters. The highest BCUT2D eigenvalue weighted by atomic mass is 32.1. The highest BCUT2D eigenvalue weighted by Gasteiger charge is 2.74. The monoisotopic (exact) mass is 1190 g/mol. The van der Waals surface area contributed by atoms with Crippen LogP contribution in [0.3, 0.4) is 0 Å². The van der Waals surface area contributed by atoms with Gasteiger partial charge in [0.15, 0.2) is 37.2 Å². The molecule has 0 amide bonds. The zero-order chi connectivity index (χ0) is 60.3. The molecular formula is C56H90O23S2. The van der Waals surface area contributed by atoms with E-state index in [-0.39, 0.29) is 43.3 Å². The molecule has 0 aromatic carbocycles. The van der Waals surface area contributed by atoms with E-state index in [4.69, 9.17) is 55.3 Å². The van der Waals surface area contributed by atoms with Gasteiger partial charge < -0.3 is 98.8 Å². The molecule has 2 heterocycles. The molecule has 6 fully saturated rings. The molecule has 23 nitrogen and oxygen atoms in total. The lowest BCUT2D eigenvalue weighted by Gasteiger charge is -2.72. The standard InChI is InChI=1S/C56H90O23S2/c1-11-19-71-47(69)27(5)72-50(43(78-49-41(67)39(65)37(63)31(22-57)74-49)42(26(4)60)77-48-40(66)38(64)32(23-58)75-48)76-36-16-17-51(7)33-14-13-29-30-20-56(70,81)45(73-28(6)61)44(79-46(68)25(3)12-2)55(30,24-59)35(62)21-53(29,9)52(33,8)18-15-34(51)54(36,10)80/h12-13,26-27,30-45,48-50,57-60,62-67,70,80-81H,11,14-24H2,1-10H3/b25-12-/t26?,27?,30?,31?,32?,33?,34?,35-,36+,37?,38?,39?,40?,41?,42?,43?,44+,45+,48?,49?,50?,51-,52-,53-,54+,55+,56+/m1/s1. The molecule has 27 atom stereocenters. The minimum Gasteiger partial charge on any atom is -0.464 e. The topological polar surface area (TPSA) is 357 Å². The normalized spacial score (nSPS) is 46.1. The second-order valence-corrected chi connectivity index (χ2v) is 26.5. The van der Waals surface area contributed by atoms with E-state index in [1.807, 2.05) is 6.92 Å². The summed E-state index contributed by atoms with van der Waals surface area (Å²) in [5.74, 6) is -3.53. The molecule has 0 aromatic rings. The Morgan fingerprint density at radius 1 is 0.790 bits per heavy atom. The Morgan fingerprint density at radius 2 is 1.38 bits per heavy atom. The quantitative estimate of drug-likeness (QED) is 0.0197. The summed E-state index contributed by atoms with van der Waals surface area (Å²) in [6, 6.07) is 0. The predicted molar refractivity (Wildman–Crippen MR) is 290 cm³/mol. The van der Waals surface area contributed by atoms with Gasteiger partial charge in [-0.2, -0.15) is 12.6 Å². The number of ether oxygens (including phenoxy) is 9. The Balaban J connectivity index is 1.27. The third kappa shape index (κ3) is 11.8. The summed E-state index contributed by atoms with van der Waals surface area (Å²) in [7, 11) is 0. The van der Waals surface area contributed by atoms with Gasteiger partial charge in [0.2, 0.25) is 0 Å². The van der Waals surface area contributed by atoms with Gasteiger partial charge in [-0.1, -0.05) is 45.4 Å². The van der Waals surface area contributed by atoms with E-state index in [0.717, 1.165) is 12.5 Å². The molecule has 7 rings (SSSR count). The van der Waals surface area contributed by atoms with Gasteiger partial charge in [0.1, 0.15) is 59.9 Å². The maximum Gasteiger partial charge on any atom is 0.335 e. The number of fused-ring (bicyclic) bond motifs is 7. The van der Waals surface area contributed by atoms with E-state index in [1.54, 1.807) is 13.8 Å². The second kappa shape index (κ2) is 25.3. The lowest BCUT2D eigenvalue weighted by atomic mass is 9.34. The molecule has 2 saturated heterocycles. The van der Waals surface area contributed by atoms with Crippen molar-refractivity contribution in [2.24, 2.45) is 39.4 Å². The molecule has 2 aliphatic heterocycles. The summed E-state index contributed by atoms with van der Waals surface area (Å²) in [5, 5.41) is 123. The van der Waals surface area contributed by atoms with Crippen LogP contribution in [0.1, 0.15) is 121 Å². The van der Waals surface area contributed by atoms with Crippen LogP contribution in [-0.2, 0) is 57.0 Å². The van der Waals surface area contributed by atoms with E-state index < -0.39 is 185 Å². The van der Waals surface area contributed by atoms with Crippen LogP contribution in [0.25, 0.3) is 0 Å². The van der Waals surface area contributed by atoms with Crippen molar-refractivity contribution < 1.29 is 113 Å². The number of aliphatic hydroxyl groups is 11. The van der Waals surface area contributed by atoms with Crippen molar-refractivity contribution >= 4 is 43.2 Å². The van der Waals surface area contributed by atoms with Crippen molar-refractivity contribution in [1.29, 1.82) is 0 Å². The SMILES string of the molecule is C/C=C(/C)C(=O)O[C@H]1[C@H](OC(C)=O)[C@@](O)(S)CC2C3=CCC4[C@@]5(C)CC[C@H](OC(OC(C)C(=O)OCCC)C(OC6OC(CO)C(O)C(O)C6O)C(OC6OC(CO)C(O)C6O)C(C)O)[C@@](C)(S)C5CC[C@@]4(C)[C@]3(C)C[C@@H](O)[C@]21CO. The summed E-state index contributed by atoms with van der Waals surface area (Å²) >= 11 is 10.2. The van der Waals surface area contributed by atoms with Gasteiger partial charge in [0.05, 0.1) is 50.2 Å². The van der Waals surface area contributed by atoms with Crippen molar-refractivity contribution in [3.63, 3.8) is 0 Å². The number of hydrogen-bond donors (Lipinski definition) is 13. The van der Waals surface area contributed by atoms with Gasteiger partial charge in [-0.15, -0.1) is 12.6 Å². The Bertz CT molecular complexity index is 2280. The molecule has 0 radical (unpaired) electrons. The number of carbonyl (C=O) groups is 3. The average molecular weight is 1200 g/mol. The van der Waals surface area contributed by atoms with Crippen molar-refractivity contribution in [1.82, 2.24) is 0 Å². The van der Waals surface area contributed by atoms with Crippen LogP contribution in [0.15, 0.2) is 23.3 Å². The van der Waals surface area contributed by atoms with Gasteiger partial charge in [-0.25, -0.2) is 9.59 Å². The molecule has 81 heavy (non-hydrogen) atoms. The lowest BCUT2D eigenvalue weighted by Crippen LogP contribution is -2.74. The highest BCUT2D eigenvalue weighted by molar-refractivity contribution is 7.82. The molecule has 7 aliphatic rings. The Morgan fingerprint density at radius 3 is 1.94 bits per heavy atom. The van der Waals surface area contributed by atoms with Gasteiger partial charge in [0.25, 0.3) is 0 Å². The number of carbonyl (C=O) groups excluding carboxylic acids is 3. The number of rotatable bonds is 20. The molecule has 0 spiro atoms. The van der Waals surface area contributed by atoms with Crippen LogP contribution < -0.4 is 0 Å². The summed E-state index contributed by atoms with van der Waals surface area (Å²) in [5.41, 5.74) is -2.44. The first kappa shape index (κ1) is 66.4. The summed E-state index contributed by atoms with van der Waals surface area (Å²) in [6.45, 7) is 15.0. The fraction of sp³-hybridized carbons (Fsp3) is 0.875. The van der Waals surface area contributed by atoms with Crippen LogP contribution >= 0.6 is 25.3 Å². The molecule has 464 valence electrons. The molecule has 0 aromatic heterocycles. The van der Waals surface area contributed by atoms with E-state index in [1.165, 1.54) is 26.8 Å². The Labute approximate surface area is 484 Å². The Hall–Kier alpha value is -2.09. The first-order valence-corrected chi connectivity index (χ1v) is 29.3. The third-order valence-electron chi connectivity index (χ3n) is 20.1. The van der Waals surface area contributed by atoms with Crippen LogP contribution in [-0.4, -0.2) is 221 Å². The largest absolute Gasteiger partial charge is 0.464 e. The van der Waals surface area contributed by atoms with E-state index >= 15 is 0 Å². The van der Waals surface area contributed by atoms with Crippen LogP contribution in [0.4, 0.5) is 0 Å². The fourth-order valence-corrected chi connectivity index (χ4v) is 16.3. The number of aliphatic hydroxyl groups excluding tert-OH is 10. The summed E-state index contributed by atoms with van der Waals surface area (Å²) < 4.78 is 53.7. The highest BCUT2D eigenvalue weighted by Crippen LogP contribution is 2.75. The summed E-state index contributed by atoms with van der Waals surface area (Å²) in [4.78, 5) is 37.7. The third-order valence-corrected chi connectivity index (χ3v) is 21.1. The van der Waals surface area contributed by atoms with Crippen molar-refractivity contribution in [2.45, 2.75) is 241 Å². The fourth-order valence-electron chi connectivity index (χ4n) is 15.3. The van der Waals surface area contributed by atoms with Gasteiger partial charge in [-0.3, -0.25) is 4.79 Å². The Kier molecular flexibility index (Phi) is 20.8. The van der Waals surface area contributed by atoms with Crippen LogP contribution in [0, 0.1) is 39.4 Å². The second-order valence-electron chi connectivity index (χ2n) is 24.8. The molecule has 11 N–H and O–H groups in total. The number of thiol groups is 2.